The number of hydrogen-bond acceptors (Lipinski definition) is 4. The Labute approximate surface area is 121 Å². The molecule has 21 heavy (non-hydrogen) atoms. The molecular formula is C14H14FNO4S. The number of benzene rings is 1. The summed E-state index contributed by atoms with van der Waals surface area (Å²) in [5, 5.41) is 3.28. The van der Waals surface area contributed by atoms with Gasteiger partial charge in [-0.15, -0.1) is 0 Å². The monoisotopic (exact) mass is 311 g/mol. The molecule has 1 saturated heterocycles. The summed E-state index contributed by atoms with van der Waals surface area (Å²) in [7, 11) is -2.96. The molecule has 1 N–H and O–H groups in total. The van der Waals surface area contributed by atoms with Crippen molar-refractivity contribution in [2.75, 3.05) is 11.5 Å². The van der Waals surface area contributed by atoms with Crippen LogP contribution in [0.15, 0.2) is 28.7 Å². The number of furan rings is 1. The first-order chi connectivity index (χ1) is 9.93. The lowest BCUT2D eigenvalue weighted by molar-refractivity contribution is 0.0908. The molecule has 7 heteroatoms. The van der Waals surface area contributed by atoms with E-state index in [1.807, 2.05) is 0 Å². The van der Waals surface area contributed by atoms with E-state index in [2.05, 4.69) is 5.32 Å². The number of nitrogens with one attached hydrogen (secondary N) is 1. The van der Waals surface area contributed by atoms with E-state index in [1.165, 1.54) is 24.3 Å². The molecule has 0 unspecified atom stereocenters. The van der Waals surface area contributed by atoms with Gasteiger partial charge in [0.05, 0.1) is 11.5 Å². The maximum atomic E-state index is 13.1. The summed E-state index contributed by atoms with van der Waals surface area (Å²) >= 11 is 0. The standard InChI is InChI=1S/C14H14FNO4S/c15-10-1-2-12-9(7-10)8-13(20-12)14(17)16-11-3-5-21(18,19)6-4-11/h1-2,7-8,11H,3-6H2,(H,16,17). The van der Waals surface area contributed by atoms with Crippen molar-refractivity contribution in [3.05, 3.63) is 35.8 Å². The van der Waals surface area contributed by atoms with E-state index in [4.69, 9.17) is 4.42 Å². The molecule has 1 amide bonds. The highest BCUT2D eigenvalue weighted by Crippen LogP contribution is 2.21. The molecule has 0 atom stereocenters. The lowest BCUT2D eigenvalue weighted by Gasteiger charge is -2.22. The summed E-state index contributed by atoms with van der Waals surface area (Å²) in [5.74, 6) is -0.528. The Kier molecular flexibility index (Phi) is 3.44. The average Bonchev–Trinajstić information content (AvgIpc) is 2.84. The summed E-state index contributed by atoms with van der Waals surface area (Å²) in [5.41, 5.74) is 0.438. The molecule has 0 aliphatic carbocycles. The van der Waals surface area contributed by atoms with Gasteiger partial charge in [-0.05, 0) is 37.1 Å². The van der Waals surface area contributed by atoms with E-state index in [9.17, 15) is 17.6 Å². The van der Waals surface area contributed by atoms with Crippen molar-refractivity contribution in [3.63, 3.8) is 0 Å². The fourth-order valence-corrected chi connectivity index (χ4v) is 3.91. The first kappa shape index (κ1) is 14.1. The highest BCUT2D eigenvalue weighted by Gasteiger charge is 2.25. The minimum Gasteiger partial charge on any atom is -0.451 e. The molecule has 0 bridgehead atoms. The van der Waals surface area contributed by atoms with E-state index in [0.717, 1.165) is 0 Å². The number of rotatable bonds is 2. The lowest BCUT2D eigenvalue weighted by Crippen LogP contribution is -2.40. The zero-order chi connectivity index (χ0) is 15.0. The highest BCUT2D eigenvalue weighted by atomic mass is 32.2. The van der Waals surface area contributed by atoms with Gasteiger partial charge in [-0.2, -0.15) is 0 Å². The molecule has 5 nitrogen and oxygen atoms in total. The Morgan fingerprint density at radius 2 is 1.95 bits per heavy atom. The maximum absolute atomic E-state index is 13.1. The van der Waals surface area contributed by atoms with Crippen LogP contribution in [0.5, 0.6) is 0 Å². The van der Waals surface area contributed by atoms with Crippen molar-refractivity contribution in [2.24, 2.45) is 0 Å². The van der Waals surface area contributed by atoms with Crippen LogP contribution in [0.3, 0.4) is 0 Å². The predicted molar refractivity (Wildman–Crippen MR) is 75.3 cm³/mol. The van der Waals surface area contributed by atoms with Crippen LogP contribution in [-0.4, -0.2) is 31.9 Å². The zero-order valence-corrected chi connectivity index (χ0v) is 12.0. The zero-order valence-electron chi connectivity index (χ0n) is 11.1. The first-order valence-corrected chi connectivity index (χ1v) is 8.45. The van der Waals surface area contributed by atoms with Crippen LogP contribution in [0.1, 0.15) is 23.4 Å². The molecule has 2 heterocycles. The molecule has 1 aromatic carbocycles. The largest absolute Gasteiger partial charge is 0.451 e. The van der Waals surface area contributed by atoms with E-state index < -0.39 is 21.6 Å². The van der Waals surface area contributed by atoms with Gasteiger partial charge in [0, 0.05) is 11.4 Å². The second-order valence-corrected chi connectivity index (χ2v) is 7.50. The molecule has 0 radical (unpaired) electrons. The number of fused-ring (bicyclic) bond motifs is 1. The summed E-state index contributed by atoms with van der Waals surface area (Å²) in [4.78, 5) is 12.1. The number of halogens is 1. The van der Waals surface area contributed by atoms with Gasteiger partial charge in [-0.3, -0.25) is 4.79 Å². The molecule has 3 rings (SSSR count). The maximum Gasteiger partial charge on any atom is 0.287 e. The summed E-state index contributed by atoms with van der Waals surface area (Å²) in [6.07, 6.45) is 0.811. The van der Waals surface area contributed by atoms with Crippen LogP contribution in [-0.2, 0) is 9.84 Å². The van der Waals surface area contributed by atoms with Crippen molar-refractivity contribution >= 4 is 26.7 Å². The van der Waals surface area contributed by atoms with E-state index in [-0.39, 0.29) is 23.3 Å². The van der Waals surface area contributed by atoms with Crippen LogP contribution < -0.4 is 5.32 Å². The minimum absolute atomic E-state index is 0.0866. The summed E-state index contributed by atoms with van der Waals surface area (Å²) in [6.45, 7) is 0. The van der Waals surface area contributed by atoms with Crippen molar-refractivity contribution < 1.29 is 22.0 Å². The minimum atomic E-state index is -2.96. The van der Waals surface area contributed by atoms with Gasteiger partial charge >= 0.3 is 0 Å². The second kappa shape index (κ2) is 5.14. The molecular weight excluding hydrogens is 297 g/mol. The Hall–Kier alpha value is -1.89. The predicted octanol–water partition coefficient (Wildman–Crippen LogP) is 1.88. The van der Waals surface area contributed by atoms with Crippen LogP contribution in [0.2, 0.25) is 0 Å². The topological polar surface area (TPSA) is 76.4 Å². The average molecular weight is 311 g/mol. The van der Waals surface area contributed by atoms with Crippen LogP contribution in [0, 0.1) is 5.82 Å². The van der Waals surface area contributed by atoms with E-state index >= 15 is 0 Å². The molecule has 1 fully saturated rings. The van der Waals surface area contributed by atoms with Crippen molar-refractivity contribution in [3.8, 4) is 0 Å². The number of sulfone groups is 1. The van der Waals surface area contributed by atoms with Crippen molar-refractivity contribution in [1.29, 1.82) is 0 Å². The molecule has 112 valence electrons. The van der Waals surface area contributed by atoms with Gasteiger partial charge < -0.3 is 9.73 Å². The SMILES string of the molecule is O=C(NC1CCS(=O)(=O)CC1)c1cc2cc(F)ccc2o1. The van der Waals surface area contributed by atoms with Gasteiger partial charge in [0.15, 0.2) is 5.76 Å². The molecule has 2 aromatic rings. The Bertz CT molecular complexity index is 782. The van der Waals surface area contributed by atoms with Gasteiger partial charge in [0.2, 0.25) is 0 Å². The molecule has 0 saturated carbocycles. The van der Waals surface area contributed by atoms with Gasteiger partial charge in [0.1, 0.15) is 21.2 Å². The highest BCUT2D eigenvalue weighted by molar-refractivity contribution is 7.91. The Balaban J connectivity index is 1.72. The van der Waals surface area contributed by atoms with Crippen LogP contribution in [0.4, 0.5) is 4.39 Å². The molecule has 1 aliphatic rings. The number of hydrogen-bond donors (Lipinski definition) is 1. The third-order valence-corrected chi connectivity index (χ3v) is 5.31. The van der Waals surface area contributed by atoms with Crippen molar-refractivity contribution in [1.82, 2.24) is 5.32 Å². The quantitative estimate of drug-likeness (QED) is 0.918. The first-order valence-electron chi connectivity index (χ1n) is 6.63. The van der Waals surface area contributed by atoms with Gasteiger partial charge in [-0.1, -0.05) is 0 Å². The Morgan fingerprint density at radius 1 is 1.24 bits per heavy atom. The number of amides is 1. The normalized spacial score (nSPS) is 18.7. The molecule has 0 spiro atoms. The van der Waals surface area contributed by atoms with Crippen LogP contribution in [0.25, 0.3) is 11.0 Å². The fourth-order valence-electron chi connectivity index (χ4n) is 2.42. The van der Waals surface area contributed by atoms with Gasteiger partial charge in [-0.25, -0.2) is 12.8 Å². The second-order valence-electron chi connectivity index (χ2n) is 5.19. The van der Waals surface area contributed by atoms with E-state index in [1.54, 1.807) is 0 Å². The third-order valence-electron chi connectivity index (χ3n) is 3.59. The molecule has 1 aromatic heterocycles. The van der Waals surface area contributed by atoms with E-state index in [0.29, 0.717) is 23.8 Å². The smallest absolute Gasteiger partial charge is 0.287 e. The van der Waals surface area contributed by atoms with Crippen molar-refractivity contribution in [2.45, 2.75) is 18.9 Å². The Morgan fingerprint density at radius 3 is 2.67 bits per heavy atom. The number of carbonyl (C=O) groups is 1. The molecule has 1 aliphatic heterocycles. The third kappa shape index (κ3) is 3.07. The fraction of sp³-hybridized carbons (Fsp3) is 0.357. The lowest BCUT2D eigenvalue weighted by atomic mass is 10.1. The van der Waals surface area contributed by atoms with Crippen LogP contribution >= 0.6 is 0 Å². The van der Waals surface area contributed by atoms with Gasteiger partial charge in [0.25, 0.3) is 5.91 Å². The number of carbonyl (C=O) groups excluding carboxylic acids is 1. The summed E-state index contributed by atoms with van der Waals surface area (Å²) < 4.78 is 41.1. The summed E-state index contributed by atoms with van der Waals surface area (Å²) in [6, 6.07) is 5.33.